The minimum absolute atomic E-state index is 0.626. The van der Waals surface area contributed by atoms with E-state index in [1.54, 1.807) is 0 Å². The van der Waals surface area contributed by atoms with Crippen molar-refractivity contribution in [3.8, 4) is 0 Å². The molecule has 7 N–H and O–H groups in total. The molecular formula is C9H18N3O7P. The van der Waals surface area contributed by atoms with E-state index in [2.05, 4.69) is 5.32 Å². The molecule has 0 aliphatic carbocycles. The van der Waals surface area contributed by atoms with E-state index >= 15 is 0 Å². The largest absolute Gasteiger partial charge is 0.481 e. The van der Waals surface area contributed by atoms with E-state index in [1.165, 1.54) is 13.8 Å². The van der Waals surface area contributed by atoms with Gasteiger partial charge in [0.1, 0.15) is 11.8 Å². The van der Waals surface area contributed by atoms with Gasteiger partial charge in [0.15, 0.2) is 0 Å². The number of carbonyl (C=O) groups excluding carboxylic acids is 2. The van der Waals surface area contributed by atoms with E-state index in [4.69, 9.17) is 20.6 Å². The van der Waals surface area contributed by atoms with Crippen LogP contribution < -0.4 is 16.4 Å². The summed E-state index contributed by atoms with van der Waals surface area (Å²) in [6.45, 7) is 2.66. The van der Waals surface area contributed by atoms with Crippen LogP contribution in [0.15, 0.2) is 0 Å². The molecule has 0 fully saturated rings. The van der Waals surface area contributed by atoms with Gasteiger partial charge in [-0.05, 0) is 13.8 Å². The average Bonchev–Trinajstić information content (AvgIpc) is 2.25. The first-order valence-corrected chi connectivity index (χ1v) is 7.26. The second kappa shape index (κ2) is 7.34. The summed E-state index contributed by atoms with van der Waals surface area (Å²) in [5.41, 5.74) is 5.27. The van der Waals surface area contributed by atoms with Crippen molar-refractivity contribution in [3.05, 3.63) is 0 Å². The molecule has 0 heterocycles. The number of nitrogens with one attached hydrogen (secondary N) is 2. The third-order valence-electron chi connectivity index (χ3n) is 2.25. The van der Waals surface area contributed by atoms with E-state index < -0.39 is 49.7 Å². The highest BCUT2D eigenvalue weighted by Crippen LogP contribution is 2.41. The topological polar surface area (TPSA) is 179 Å². The Balaban J connectivity index is 4.72. The van der Waals surface area contributed by atoms with Gasteiger partial charge in [-0.25, -0.2) is 0 Å². The zero-order valence-corrected chi connectivity index (χ0v) is 11.8. The number of rotatable bonds is 7. The minimum atomic E-state index is -4.83. The first-order valence-electron chi connectivity index (χ1n) is 5.58. The molecule has 20 heavy (non-hydrogen) atoms. The van der Waals surface area contributed by atoms with Gasteiger partial charge in [0.2, 0.25) is 11.8 Å². The smallest absolute Gasteiger partial charge is 0.348 e. The fourth-order valence-corrected chi connectivity index (χ4v) is 1.81. The third-order valence-corrected chi connectivity index (χ3v) is 3.37. The van der Waals surface area contributed by atoms with Crippen molar-refractivity contribution in [2.75, 3.05) is 0 Å². The molecule has 116 valence electrons. The summed E-state index contributed by atoms with van der Waals surface area (Å²) < 4.78 is 11.1. The summed E-state index contributed by atoms with van der Waals surface area (Å²) in [4.78, 5) is 51.3. The van der Waals surface area contributed by atoms with Crippen LogP contribution in [0.25, 0.3) is 0 Å². The zero-order valence-electron chi connectivity index (χ0n) is 10.9. The maximum atomic E-state index is 11.6. The second-order valence-corrected chi connectivity index (χ2v) is 6.03. The number of carboxylic acids is 1. The van der Waals surface area contributed by atoms with Gasteiger partial charge in [-0.15, -0.1) is 0 Å². The SMILES string of the molecule is CC(N)C(=O)NC(C)C(=O)NC(CC(=O)O)P(=O)(O)O. The van der Waals surface area contributed by atoms with Gasteiger partial charge < -0.3 is 31.3 Å². The standard InChI is InChI=1S/C9H18N3O7P/c1-4(10)8(15)11-5(2)9(16)12-6(3-7(13)14)20(17,18)19/h4-6H,3,10H2,1-2H3,(H,11,15)(H,12,16)(H,13,14)(H2,17,18,19). The van der Waals surface area contributed by atoms with Crippen molar-refractivity contribution >= 4 is 25.4 Å². The Morgan fingerprint density at radius 2 is 1.65 bits per heavy atom. The highest BCUT2D eigenvalue weighted by atomic mass is 31.2. The molecule has 0 radical (unpaired) electrons. The summed E-state index contributed by atoms with van der Waals surface area (Å²) in [5, 5.41) is 12.6. The lowest BCUT2D eigenvalue weighted by Gasteiger charge is -2.21. The summed E-state index contributed by atoms with van der Waals surface area (Å²) in [7, 11) is -4.83. The zero-order chi connectivity index (χ0) is 16.1. The average molecular weight is 311 g/mol. The number of nitrogens with two attached hydrogens (primary N) is 1. The van der Waals surface area contributed by atoms with E-state index in [0.717, 1.165) is 0 Å². The van der Waals surface area contributed by atoms with Crippen molar-refractivity contribution in [2.24, 2.45) is 5.73 Å². The fourth-order valence-electron chi connectivity index (χ4n) is 1.12. The predicted molar refractivity (Wildman–Crippen MR) is 67.5 cm³/mol. The van der Waals surface area contributed by atoms with Crippen molar-refractivity contribution in [2.45, 2.75) is 38.1 Å². The van der Waals surface area contributed by atoms with Crippen LogP contribution in [0.4, 0.5) is 0 Å². The van der Waals surface area contributed by atoms with E-state index in [1.807, 2.05) is 5.32 Å². The van der Waals surface area contributed by atoms with Crippen molar-refractivity contribution in [3.63, 3.8) is 0 Å². The van der Waals surface area contributed by atoms with Crippen LogP contribution in [0.1, 0.15) is 20.3 Å². The quantitative estimate of drug-likeness (QED) is 0.290. The number of carboxylic acid groups (broad SMARTS) is 1. The summed E-state index contributed by atoms with van der Waals surface area (Å²) in [6, 6.07) is -1.97. The molecule has 0 aromatic heterocycles. The molecule has 0 saturated carbocycles. The molecule has 0 saturated heterocycles. The molecule has 11 heteroatoms. The molecule has 0 rings (SSSR count). The first kappa shape index (κ1) is 18.5. The van der Waals surface area contributed by atoms with Crippen LogP contribution >= 0.6 is 7.60 Å². The van der Waals surface area contributed by atoms with Gasteiger partial charge in [0, 0.05) is 0 Å². The van der Waals surface area contributed by atoms with Gasteiger partial charge in [-0.2, -0.15) is 0 Å². The van der Waals surface area contributed by atoms with Gasteiger partial charge in [-0.3, -0.25) is 18.9 Å². The molecule has 0 aromatic rings. The van der Waals surface area contributed by atoms with Crippen LogP contribution in [-0.4, -0.2) is 50.5 Å². The lowest BCUT2D eigenvalue weighted by Crippen LogP contribution is -2.51. The second-order valence-electron chi connectivity index (χ2n) is 4.23. The monoisotopic (exact) mass is 311 g/mol. The maximum absolute atomic E-state index is 11.6. The Labute approximate surface area is 114 Å². The van der Waals surface area contributed by atoms with Crippen LogP contribution in [0.2, 0.25) is 0 Å². The number of carbonyl (C=O) groups is 3. The molecule has 0 aliphatic heterocycles. The fraction of sp³-hybridized carbons (Fsp3) is 0.667. The Kier molecular flexibility index (Phi) is 6.80. The van der Waals surface area contributed by atoms with Gasteiger partial charge in [0.25, 0.3) is 0 Å². The van der Waals surface area contributed by atoms with E-state index in [-0.39, 0.29) is 0 Å². The molecular weight excluding hydrogens is 293 g/mol. The molecule has 2 amide bonds. The van der Waals surface area contributed by atoms with Crippen molar-refractivity contribution < 1.29 is 33.8 Å². The van der Waals surface area contributed by atoms with Gasteiger partial charge in [-0.1, -0.05) is 0 Å². The molecule has 0 aliphatic rings. The summed E-state index contributed by atoms with van der Waals surface area (Å²) in [5.74, 6) is -4.89. The highest BCUT2D eigenvalue weighted by Gasteiger charge is 2.33. The van der Waals surface area contributed by atoms with Crippen molar-refractivity contribution in [1.82, 2.24) is 10.6 Å². The minimum Gasteiger partial charge on any atom is -0.481 e. The molecule has 0 spiro atoms. The Bertz CT molecular complexity index is 433. The van der Waals surface area contributed by atoms with E-state index in [0.29, 0.717) is 0 Å². The van der Waals surface area contributed by atoms with Gasteiger partial charge in [0.05, 0.1) is 12.5 Å². The molecule has 10 nitrogen and oxygen atoms in total. The normalized spacial score (nSPS) is 15.8. The summed E-state index contributed by atoms with van der Waals surface area (Å²) in [6.07, 6.45) is -0.941. The van der Waals surface area contributed by atoms with Crippen LogP contribution in [0, 0.1) is 0 Å². The third kappa shape index (κ3) is 6.62. The Morgan fingerprint density at radius 1 is 1.15 bits per heavy atom. The highest BCUT2D eigenvalue weighted by molar-refractivity contribution is 7.52. The number of hydrogen-bond donors (Lipinski definition) is 6. The lowest BCUT2D eigenvalue weighted by molar-refractivity contribution is -0.137. The van der Waals surface area contributed by atoms with Crippen LogP contribution in [0.3, 0.4) is 0 Å². The maximum Gasteiger partial charge on any atom is 0.348 e. The lowest BCUT2D eigenvalue weighted by atomic mass is 10.2. The van der Waals surface area contributed by atoms with Crippen molar-refractivity contribution in [1.29, 1.82) is 0 Å². The predicted octanol–water partition coefficient (Wildman–Crippen LogP) is -2.07. The Morgan fingerprint density at radius 3 is 2.00 bits per heavy atom. The molecule has 3 atom stereocenters. The Hall–Kier alpha value is -1.48. The molecule has 3 unspecified atom stereocenters. The van der Waals surface area contributed by atoms with Crippen LogP contribution in [0.5, 0.6) is 0 Å². The van der Waals surface area contributed by atoms with Crippen LogP contribution in [-0.2, 0) is 18.9 Å². The summed E-state index contributed by atoms with van der Waals surface area (Å²) >= 11 is 0. The number of hydrogen-bond acceptors (Lipinski definition) is 5. The molecule has 0 aromatic carbocycles. The number of aliphatic carboxylic acids is 1. The first-order chi connectivity index (χ1) is 8.95. The van der Waals surface area contributed by atoms with E-state index in [9.17, 15) is 18.9 Å². The van der Waals surface area contributed by atoms with Gasteiger partial charge >= 0.3 is 13.6 Å². The number of amides is 2. The molecule has 0 bridgehead atoms.